The second kappa shape index (κ2) is 4.23. The Balaban J connectivity index is 2.13. The third-order valence-electron chi connectivity index (χ3n) is 1.79. The number of carbonyl (C=O) groups excluding carboxylic acids is 1. The van der Waals surface area contributed by atoms with E-state index in [1.165, 1.54) is 0 Å². The van der Waals surface area contributed by atoms with Crippen LogP contribution in [-0.4, -0.2) is 21.1 Å². The molecular weight excluding hydrogens is 226 g/mol. The lowest BCUT2D eigenvalue weighted by molar-refractivity contribution is 0.102. The molecule has 3 N–H and O–H groups in total. The summed E-state index contributed by atoms with van der Waals surface area (Å²) in [5, 5.41) is 10.4. The van der Waals surface area contributed by atoms with E-state index in [0.717, 1.165) is 17.0 Å². The molecule has 0 aliphatic heterocycles. The van der Waals surface area contributed by atoms with Crippen molar-refractivity contribution in [1.29, 1.82) is 0 Å². The van der Waals surface area contributed by atoms with Gasteiger partial charge in [-0.15, -0.1) is 10.2 Å². The molecule has 2 rings (SSSR count). The first-order valence-corrected chi connectivity index (χ1v) is 5.30. The number of rotatable bonds is 2. The Bertz CT molecular complexity index is 524. The summed E-state index contributed by atoms with van der Waals surface area (Å²) in [4.78, 5) is 15.7. The van der Waals surface area contributed by atoms with E-state index in [9.17, 15) is 4.79 Å². The molecule has 2 aromatic rings. The lowest BCUT2D eigenvalue weighted by Gasteiger charge is -2.02. The third-order valence-corrected chi connectivity index (χ3v) is 2.54. The molecule has 6 nitrogen and oxygen atoms in total. The number of anilines is 2. The minimum atomic E-state index is -0.320. The van der Waals surface area contributed by atoms with Crippen LogP contribution in [0.4, 0.5) is 10.8 Å². The lowest BCUT2D eigenvalue weighted by atomic mass is 10.3. The fourth-order valence-corrected chi connectivity index (χ4v) is 1.64. The quantitative estimate of drug-likeness (QED) is 0.812. The summed E-state index contributed by atoms with van der Waals surface area (Å²) >= 11 is 1.05. The predicted octanol–water partition coefficient (Wildman–Crippen LogP) is 1.08. The number of nitrogens with two attached hydrogens (primary N) is 1. The Morgan fingerprint density at radius 1 is 1.50 bits per heavy atom. The van der Waals surface area contributed by atoms with Gasteiger partial charge in [0.15, 0.2) is 0 Å². The average Bonchev–Trinajstić information content (AvgIpc) is 2.65. The summed E-state index contributed by atoms with van der Waals surface area (Å²) < 4.78 is 0. The fourth-order valence-electron chi connectivity index (χ4n) is 1.13. The summed E-state index contributed by atoms with van der Waals surface area (Å²) in [6.45, 7) is 1.85. The minimum absolute atomic E-state index is 0.243. The van der Waals surface area contributed by atoms with E-state index in [2.05, 4.69) is 20.5 Å². The van der Waals surface area contributed by atoms with E-state index in [1.807, 2.05) is 6.92 Å². The van der Waals surface area contributed by atoms with E-state index in [1.54, 1.807) is 18.3 Å². The predicted molar refractivity (Wildman–Crippen MR) is 61.2 cm³/mol. The van der Waals surface area contributed by atoms with Crippen LogP contribution in [-0.2, 0) is 0 Å². The van der Waals surface area contributed by atoms with Crippen molar-refractivity contribution in [2.24, 2.45) is 0 Å². The van der Waals surface area contributed by atoms with Crippen molar-refractivity contribution >= 4 is 28.1 Å². The molecule has 0 radical (unpaired) electrons. The van der Waals surface area contributed by atoms with E-state index in [0.29, 0.717) is 5.69 Å². The molecule has 1 amide bonds. The van der Waals surface area contributed by atoms with Gasteiger partial charge in [-0.25, -0.2) is 0 Å². The second-order valence-corrected chi connectivity index (χ2v) is 4.09. The van der Waals surface area contributed by atoms with Gasteiger partial charge in [-0.05, 0) is 19.1 Å². The van der Waals surface area contributed by atoms with Gasteiger partial charge in [0.1, 0.15) is 0 Å². The molecule has 0 atom stereocenters. The van der Waals surface area contributed by atoms with Crippen LogP contribution >= 0.6 is 11.3 Å². The number of aromatic nitrogens is 3. The summed E-state index contributed by atoms with van der Waals surface area (Å²) in [6.07, 6.45) is 1.62. The molecule has 0 spiro atoms. The maximum absolute atomic E-state index is 11.7. The standard InChI is InChI=1S/C9H9N5OS/c1-5-4-6(2-3-11-5)12-7(15)8-13-14-9(10)16-8/h2-4H,1H3,(H2,10,14)(H,11,12,15). The smallest absolute Gasteiger partial charge is 0.286 e. The number of hydrogen-bond donors (Lipinski definition) is 2. The van der Waals surface area contributed by atoms with Crippen molar-refractivity contribution in [3.8, 4) is 0 Å². The highest BCUT2D eigenvalue weighted by Gasteiger charge is 2.11. The normalized spacial score (nSPS) is 10.1. The number of nitrogens with zero attached hydrogens (tertiary/aromatic N) is 3. The van der Waals surface area contributed by atoms with Crippen molar-refractivity contribution < 1.29 is 4.79 Å². The number of carbonyl (C=O) groups is 1. The van der Waals surface area contributed by atoms with Gasteiger partial charge in [0, 0.05) is 17.6 Å². The van der Waals surface area contributed by atoms with Crippen LogP contribution < -0.4 is 11.1 Å². The molecule has 0 fully saturated rings. The number of hydrogen-bond acceptors (Lipinski definition) is 6. The van der Waals surface area contributed by atoms with Crippen molar-refractivity contribution in [3.05, 3.63) is 29.0 Å². The van der Waals surface area contributed by atoms with Gasteiger partial charge in [0.05, 0.1) is 0 Å². The van der Waals surface area contributed by atoms with Crippen LogP contribution in [0.15, 0.2) is 18.3 Å². The molecular formula is C9H9N5OS. The van der Waals surface area contributed by atoms with Crippen LogP contribution in [0.1, 0.15) is 15.5 Å². The van der Waals surface area contributed by atoms with E-state index in [-0.39, 0.29) is 16.0 Å². The topological polar surface area (TPSA) is 93.8 Å². The molecule has 2 heterocycles. The van der Waals surface area contributed by atoms with Crippen molar-refractivity contribution in [3.63, 3.8) is 0 Å². The molecule has 82 valence electrons. The molecule has 0 saturated heterocycles. The zero-order chi connectivity index (χ0) is 11.5. The second-order valence-electron chi connectivity index (χ2n) is 3.09. The van der Waals surface area contributed by atoms with Crippen LogP contribution in [0, 0.1) is 6.92 Å². The van der Waals surface area contributed by atoms with Gasteiger partial charge in [-0.1, -0.05) is 11.3 Å². The van der Waals surface area contributed by atoms with Crippen LogP contribution in [0.2, 0.25) is 0 Å². The Kier molecular flexibility index (Phi) is 2.78. The molecule has 2 aromatic heterocycles. The number of nitrogens with one attached hydrogen (secondary N) is 1. The van der Waals surface area contributed by atoms with Gasteiger partial charge < -0.3 is 11.1 Å². The molecule has 16 heavy (non-hydrogen) atoms. The fraction of sp³-hybridized carbons (Fsp3) is 0.111. The van der Waals surface area contributed by atoms with Gasteiger partial charge in [-0.2, -0.15) is 0 Å². The SMILES string of the molecule is Cc1cc(NC(=O)c2nnc(N)s2)ccn1. The monoisotopic (exact) mass is 235 g/mol. The van der Waals surface area contributed by atoms with E-state index >= 15 is 0 Å². The Morgan fingerprint density at radius 3 is 2.94 bits per heavy atom. The molecule has 0 unspecified atom stereocenters. The number of nitrogen functional groups attached to an aromatic ring is 1. The molecule has 0 aliphatic rings. The summed E-state index contributed by atoms with van der Waals surface area (Å²) in [7, 11) is 0. The molecule has 0 aromatic carbocycles. The first kappa shape index (κ1) is 10.5. The minimum Gasteiger partial charge on any atom is -0.374 e. The molecule has 7 heteroatoms. The number of aryl methyl sites for hydroxylation is 1. The highest BCUT2D eigenvalue weighted by Crippen LogP contribution is 2.14. The summed E-state index contributed by atoms with van der Waals surface area (Å²) in [5.74, 6) is -0.320. The van der Waals surface area contributed by atoms with Gasteiger partial charge in [0.25, 0.3) is 5.91 Å². The first-order chi connectivity index (χ1) is 7.65. The van der Waals surface area contributed by atoms with Crippen molar-refractivity contribution in [2.75, 3.05) is 11.1 Å². The Labute approximate surface area is 95.5 Å². The summed E-state index contributed by atoms with van der Waals surface area (Å²) in [5.41, 5.74) is 6.89. The largest absolute Gasteiger partial charge is 0.374 e. The summed E-state index contributed by atoms with van der Waals surface area (Å²) in [6, 6.07) is 3.47. The Hall–Kier alpha value is -2.02. The molecule has 0 bridgehead atoms. The highest BCUT2D eigenvalue weighted by atomic mass is 32.1. The van der Waals surface area contributed by atoms with E-state index in [4.69, 9.17) is 5.73 Å². The zero-order valence-electron chi connectivity index (χ0n) is 8.47. The lowest BCUT2D eigenvalue weighted by Crippen LogP contribution is -2.11. The zero-order valence-corrected chi connectivity index (χ0v) is 9.28. The van der Waals surface area contributed by atoms with Gasteiger partial charge in [0.2, 0.25) is 10.1 Å². The molecule has 0 aliphatic carbocycles. The van der Waals surface area contributed by atoms with Crippen molar-refractivity contribution in [2.45, 2.75) is 6.92 Å². The number of pyridine rings is 1. The first-order valence-electron chi connectivity index (χ1n) is 4.48. The van der Waals surface area contributed by atoms with E-state index < -0.39 is 0 Å². The van der Waals surface area contributed by atoms with Gasteiger partial charge >= 0.3 is 0 Å². The highest BCUT2D eigenvalue weighted by molar-refractivity contribution is 7.16. The van der Waals surface area contributed by atoms with Crippen molar-refractivity contribution in [1.82, 2.24) is 15.2 Å². The average molecular weight is 235 g/mol. The van der Waals surface area contributed by atoms with Gasteiger partial charge in [-0.3, -0.25) is 9.78 Å². The number of amides is 1. The molecule has 0 saturated carbocycles. The van der Waals surface area contributed by atoms with Crippen LogP contribution in [0.3, 0.4) is 0 Å². The maximum Gasteiger partial charge on any atom is 0.286 e. The third kappa shape index (κ3) is 2.31. The Morgan fingerprint density at radius 2 is 2.31 bits per heavy atom. The maximum atomic E-state index is 11.7. The van der Waals surface area contributed by atoms with Crippen LogP contribution in [0.5, 0.6) is 0 Å². The van der Waals surface area contributed by atoms with Crippen LogP contribution in [0.25, 0.3) is 0 Å².